The summed E-state index contributed by atoms with van der Waals surface area (Å²) in [6.07, 6.45) is 0. The van der Waals surface area contributed by atoms with Crippen molar-refractivity contribution in [2.75, 3.05) is 0 Å². The molecule has 2 N–H and O–H groups in total. The molecule has 4 aromatic rings. The van der Waals surface area contributed by atoms with E-state index in [1.807, 2.05) is 91.0 Å². The van der Waals surface area contributed by atoms with Crippen molar-refractivity contribution in [2.45, 2.75) is 19.8 Å². The van der Waals surface area contributed by atoms with Crippen LogP contribution in [0.5, 0.6) is 11.8 Å². The molecule has 0 aliphatic rings. The molecule has 0 saturated carbocycles. The summed E-state index contributed by atoms with van der Waals surface area (Å²) in [4.78, 5) is 4.66. The van der Waals surface area contributed by atoms with Gasteiger partial charge in [0.05, 0.1) is 0 Å². The fourth-order valence-electron chi connectivity index (χ4n) is 3.25. The van der Waals surface area contributed by atoms with Crippen LogP contribution in [0.25, 0.3) is 11.1 Å². The minimum atomic E-state index is 0. The van der Waals surface area contributed by atoms with Gasteiger partial charge < -0.3 is 15.2 Å². The highest BCUT2D eigenvalue weighted by Gasteiger charge is 2.15. The standard InChI is InChI=1S/C26H23ClN2O2.ClH/c27-22-12-11-21(16-28)24(15-22)23-13-14-25(30-17-19-7-3-1-4-8-19)29-26(23)31-18-20-9-5-2-6-10-20;/h1-15H,16-18,28H2;1H. The lowest BCUT2D eigenvalue weighted by molar-refractivity contribution is 0.268. The Balaban J connectivity index is 0.00000289. The molecule has 6 heteroatoms. The highest BCUT2D eigenvalue weighted by molar-refractivity contribution is 6.30. The SMILES string of the molecule is Cl.NCc1ccc(Cl)cc1-c1ccc(OCc2ccccc2)nc1OCc1ccccc1. The zero-order valence-corrected chi connectivity index (χ0v) is 19.0. The van der Waals surface area contributed by atoms with Crippen LogP contribution in [0.2, 0.25) is 5.02 Å². The Kier molecular flexibility index (Phi) is 8.51. The second kappa shape index (κ2) is 11.5. The van der Waals surface area contributed by atoms with Crippen molar-refractivity contribution in [3.63, 3.8) is 0 Å². The van der Waals surface area contributed by atoms with Crippen molar-refractivity contribution in [3.8, 4) is 22.9 Å². The minimum Gasteiger partial charge on any atom is -0.473 e. The highest BCUT2D eigenvalue weighted by atomic mass is 35.5. The van der Waals surface area contributed by atoms with Crippen molar-refractivity contribution >= 4 is 24.0 Å². The van der Waals surface area contributed by atoms with Crippen LogP contribution in [0.1, 0.15) is 16.7 Å². The third kappa shape index (κ3) is 6.01. The van der Waals surface area contributed by atoms with Crippen LogP contribution in [-0.4, -0.2) is 4.98 Å². The lowest BCUT2D eigenvalue weighted by Gasteiger charge is -2.15. The molecule has 0 unspecified atom stereocenters. The first-order valence-electron chi connectivity index (χ1n) is 10.1. The third-order valence-electron chi connectivity index (χ3n) is 4.86. The molecule has 0 bridgehead atoms. The van der Waals surface area contributed by atoms with Crippen molar-refractivity contribution in [1.82, 2.24) is 4.98 Å². The van der Waals surface area contributed by atoms with Gasteiger partial charge in [-0.3, -0.25) is 0 Å². The van der Waals surface area contributed by atoms with Crippen LogP contribution in [-0.2, 0) is 19.8 Å². The van der Waals surface area contributed by atoms with E-state index in [0.717, 1.165) is 27.8 Å². The molecule has 3 aromatic carbocycles. The van der Waals surface area contributed by atoms with Gasteiger partial charge in [0.15, 0.2) is 0 Å². The average molecular weight is 467 g/mol. The summed E-state index contributed by atoms with van der Waals surface area (Å²) in [5.41, 5.74) is 10.8. The summed E-state index contributed by atoms with van der Waals surface area (Å²) in [5.74, 6) is 0.971. The summed E-state index contributed by atoms with van der Waals surface area (Å²) in [6.45, 7) is 1.20. The number of nitrogens with two attached hydrogens (primary N) is 1. The Labute approximate surface area is 199 Å². The number of hydrogen-bond acceptors (Lipinski definition) is 4. The molecular weight excluding hydrogens is 443 g/mol. The first-order chi connectivity index (χ1) is 15.2. The van der Waals surface area contributed by atoms with E-state index in [4.69, 9.17) is 26.8 Å². The van der Waals surface area contributed by atoms with Gasteiger partial charge in [-0.05, 0) is 40.5 Å². The molecule has 4 nitrogen and oxygen atoms in total. The first kappa shape index (κ1) is 23.6. The van der Waals surface area contributed by atoms with Crippen LogP contribution in [0.4, 0.5) is 0 Å². The fraction of sp³-hybridized carbons (Fsp3) is 0.115. The average Bonchev–Trinajstić information content (AvgIpc) is 2.83. The zero-order chi connectivity index (χ0) is 21.5. The summed E-state index contributed by atoms with van der Waals surface area (Å²) in [5, 5.41) is 0.630. The maximum absolute atomic E-state index is 6.27. The molecule has 0 aliphatic carbocycles. The number of hydrogen-bond donors (Lipinski definition) is 1. The summed E-state index contributed by atoms with van der Waals surface area (Å²) in [6, 6.07) is 29.4. The van der Waals surface area contributed by atoms with Gasteiger partial charge in [-0.1, -0.05) is 78.3 Å². The molecule has 4 rings (SSSR count). The minimum absolute atomic E-state index is 0. The van der Waals surface area contributed by atoms with Gasteiger partial charge in [0.2, 0.25) is 11.8 Å². The predicted molar refractivity (Wildman–Crippen MR) is 131 cm³/mol. The number of benzene rings is 3. The third-order valence-corrected chi connectivity index (χ3v) is 5.10. The van der Waals surface area contributed by atoms with E-state index in [-0.39, 0.29) is 12.4 Å². The summed E-state index contributed by atoms with van der Waals surface area (Å²) in [7, 11) is 0. The maximum Gasteiger partial charge on any atom is 0.225 e. The molecule has 0 atom stereocenters. The van der Waals surface area contributed by atoms with E-state index >= 15 is 0 Å². The molecule has 164 valence electrons. The molecule has 0 aliphatic heterocycles. The molecular formula is C26H24Cl2N2O2. The molecule has 0 radical (unpaired) electrons. The summed E-state index contributed by atoms with van der Waals surface area (Å²) < 4.78 is 12.0. The Bertz CT molecular complexity index is 1140. The maximum atomic E-state index is 6.27. The van der Waals surface area contributed by atoms with E-state index in [1.54, 1.807) is 0 Å². The molecule has 0 fully saturated rings. The second-order valence-electron chi connectivity index (χ2n) is 7.06. The predicted octanol–water partition coefficient (Wildman–Crippen LogP) is 6.44. The lowest BCUT2D eigenvalue weighted by atomic mass is 10.0. The van der Waals surface area contributed by atoms with Gasteiger partial charge in [0.25, 0.3) is 0 Å². The smallest absolute Gasteiger partial charge is 0.225 e. The van der Waals surface area contributed by atoms with Crippen molar-refractivity contribution in [1.29, 1.82) is 0 Å². The van der Waals surface area contributed by atoms with Gasteiger partial charge in [-0.2, -0.15) is 4.98 Å². The number of aromatic nitrogens is 1. The topological polar surface area (TPSA) is 57.4 Å². The second-order valence-corrected chi connectivity index (χ2v) is 7.49. The number of pyridine rings is 1. The van der Waals surface area contributed by atoms with Gasteiger partial charge in [0, 0.05) is 23.2 Å². The van der Waals surface area contributed by atoms with Crippen LogP contribution in [0, 0.1) is 0 Å². The monoisotopic (exact) mass is 466 g/mol. The Hall–Kier alpha value is -3.05. The van der Waals surface area contributed by atoms with Crippen LogP contribution < -0.4 is 15.2 Å². The van der Waals surface area contributed by atoms with Gasteiger partial charge in [-0.15, -0.1) is 12.4 Å². The number of ether oxygens (including phenoxy) is 2. The van der Waals surface area contributed by atoms with E-state index in [1.165, 1.54) is 0 Å². The fourth-order valence-corrected chi connectivity index (χ4v) is 3.43. The van der Waals surface area contributed by atoms with Crippen molar-refractivity contribution in [3.05, 3.63) is 113 Å². The van der Waals surface area contributed by atoms with Gasteiger partial charge in [-0.25, -0.2) is 0 Å². The quantitative estimate of drug-likeness (QED) is 0.324. The Morgan fingerprint density at radius 3 is 1.97 bits per heavy atom. The molecule has 32 heavy (non-hydrogen) atoms. The van der Waals surface area contributed by atoms with E-state index in [0.29, 0.717) is 36.5 Å². The van der Waals surface area contributed by atoms with Crippen LogP contribution in [0.3, 0.4) is 0 Å². The molecule has 0 amide bonds. The molecule has 1 heterocycles. The van der Waals surface area contributed by atoms with E-state index < -0.39 is 0 Å². The zero-order valence-electron chi connectivity index (χ0n) is 17.4. The Morgan fingerprint density at radius 2 is 1.34 bits per heavy atom. The molecule has 0 spiro atoms. The van der Waals surface area contributed by atoms with E-state index in [2.05, 4.69) is 4.98 Å². The first-order valence-corrected chi connectivity index (χ1v) is 10.4. The van der Waals surface area contributed by atoms with Gasteiger partial charge in [0.1, 0.15) is 13.2 Å². The number of rotatable bonds is 8. The number of halogens is 2. The summed E-state index contributed by atoms with van der Waals surface area (Å²) >= 11 is 6.27. The normalized spacial score (nSPS) is 10.3. The van der Waals surface area contributed by atoms with Crippen molar-refractivity contribution < 1.29 is 9.47 Å². The van der Waals surface area contributed by atoms with Gasteiger partial charge >= 0.3 is 0 Å². The largest absolute Gasteiger partial charge is 0.473 e. The van der Waals surface area contributed by atoms with Crippen LogP contribution >= 0.6 is 24.0 Å². The van der Waals surface area contributed by atoms with Crippen LogP contribution in [0.15, 0.2) is 91.0 Å². The van der Waals surface area contributed by atoms with E-state index in [9.17, 15) is 0 Å². The number of nitrogens with zero attached hydrogens (tertiary/aromatic N) is 1. The molecule has 1 aromatic heterocycles. The lowest BCUT2D eigenvalue weighted by Crippen LogP contribution is -2.04. The van der Waals surface area contributed by atoms with Crippen molar-refractivity contribution in [2.24, 2.45) is 5.73 Å². The highest BCUT2D eigenvalue weighted by Crippen LogP contribution is 2.35. The Morgan fingerprint density at radius 1 is 0.719 bits per heavy atom. The molecule has 0 saturated heterocycles.